The Morgan fingerprint density at radius 2 is 2.50 bits per heavy atom. The molecule has 1 rings (SSSR count). The average Bonchev–Trinajstić information content (AvgIpc) is 1.97. The summed E-state index contributed by atoms with van der Waals surface area (Å²) in [6.07, 6.45) is -0.358. The molecule has 0 aromatic carbocycles. The van der Waals surface area contributed by atoms with E-state index in [0.29, 0.717) is 0 Å². The molecule has 0 radical (unpaired) electrons. The minimum absolute atomic E-state index is 0.0453. The number of halogens is 2. The van der Waals surface area contributed by atoms with Gasteiger partial charge in [-0.25, -0.2) is 4.98 Å². The number of pyridine rings is 1. The molecule has 0 saturated heterocycles. The summed E-state index contributed by atoms with van der Waals surface area (Å²) in [6.45, 7) is 0. The maximum absolute atomic E-state index is 12.5. The molecular formula is C5H3BrFN. The summed E-state index contributed by atoms with van der Waals surface area (Å²) in [5.74, 6) is -1.08. The molecule has 1 aromatic rings. The van der Waals surface area contributed by atoms with Crippen molar-refractivity contribution in [2.75, 3.05) is 0 Å². The smallest absolute Gasteiger partial charge is 0.212 e. The molecule has 0 bridgehead atoms. The Labute approximate surface area is 58.9 Å². The van der Waals surface area contributed by atoms with E-state index in [4.69, 9.17) is 4.11 Å². The summed E-state index contributed by atoms with van der Waals surface area (Å²) in [5, 5.41) is 0. The number of nitrogens with zero attached hydrogens (tertiary/aromatic N) is 1. The third-order valence-electron chi connectivity index (χ3n) is 0.528. The first-order valence-corrected chi connectivity index (χ1v) is 2.62. The van der Waals surface area contributed by atoms with Crippen LogP contribution in [0.15, 0.2) is 22.7 Å². The van der Waals surface area contributed by atoms with E-state index in [-0.39, 0.29) is 16.7 Å². The first-order chi connectivity index (χ1) is 5.04. The van der Waals surface area contributed by atoms with E-state index >= 15 is 0 Å². The fourth-order valence-corrected chi connectivity index (χ4v) is 0.448. The first kappa shape index (κ1) is 2.92. The van der Waals surface area contributed by atoms with Gasteiger partial charge in [-0.3, -0.25) is 0 Å². The van der Waals surface area contributed by atoms with Gasteiger partial charge in [0.25, 0.3) is 0 Å². The molecular weight excluding hydrogens is 173 g/mol. The third-order valence-corrected chi connectivity index (χ3v) is 0.903. The predicted octanol–water partition coefficient (Wildman–Crippen LogP) is 1.98. The van der Waals surface area contributed by atoms with E-state index in [1.807, 2.05) is 0 Å². The highest BCUT2D eigenvalue weighted by Crippen LogP contribution is 2.05. The summed E-state index contributed by atoms with van der Waals surface area (Å²) in [6, 6.07) is -0.935. The lowest BCUT2D eigenvalue weighted by Crippen LogP contribution is -1.76. The van der Waals surface area contributed by atoms with Gasteiger partial charge in [0, 0.05) is 10.6 Å². The lowest BCUT2D eigenvalue weighted by atomic mass is 10.5. The van der Waals surface area contributed by atoms with E-state index in [1.54, 1.807) is 0 Å². The lowest BCUT2D eigenvalue weighted by Gasteiger charge is -1.84. The van der Waals surface area contributed by atoms with Gasteiger partial charge in [-0.1, -0.05) is 0 Å². The SMILES string of the molecule is [2H]c1nc(F)c([2H])c([2H])c1Br. The van der Waals surface area contributed by atoms with Crippen molar-refractivity contribution in [3.05, 3.63) is 28.7 Å². The molecule has 0 aliphatic rings. The van der Waals surface area contributed by atoms with Crippen molar-refractivity contribution in [2.24, 2.45) is 0 Å². The van der Waals surface area contributed by atoms with Gasteiger partial charge in [0.2, 0.25) is 5.95 Å². The Balaban J connectivity index is 3.46. The van der Waals surface area contributed by atoms with Gasteiger partial charge in [-0.2, -0.15) is 4.39 Å². The van der Waals surface area contributed by atoms with E-state index in [9.17, 15) is 4.39 Å². The highest BCUT2D eigenvalue weighted by atomic mass is 79.9. The molecule has 0 unspecified atom stereocenters. The molecule has 0 aliphatic heterocycles. The van der Waals surface area contributed by atoms with Crippen LogP contribution >= 0.6 is 15.9 Å². The van der Waals surface area contributed by atoms with E-state index in [1.165, 1.54) is 0 Å². The fraction of sp³-hybridized carbons (Fsp3) is 0. The van der Waals surface area contributed by atoms with Crippen LogP contribution in [0.25, 0.3) is 0 Å². The summed E-state index contributed by atoms with van der Waals surface area (Å²) in [7, 11) is 0. The maximum atomic E-state index is 12.5. The van der Waals surface area contributed by atoms with Gasteiger partial charge in [0.1, 0.15) is 0 Å². The van der Waals surface area contributed by atoms with Crippen molar-refractivity contribution in [3.8, 4) is 0 Å². The largest absolute Gasteiger partial charge is 0.227 e. The molecule has 0 saturated carbocycles. The zero-order chi connectivity index (χ0) is 8.59. The van der Waals surface area contributed by atoms with Crippen LogP contribution in [0.1, 0.15) is 4.11 Å². The van der Waals surface area contributed by atoms with Gasteiger partial charge in [-0.15, -0.1) is 0 Å². The minimum Gasteiger partial charge on any atom is -0.227 e. The van der Waals surface area contributed by atoms with E-state index < -0.39 is 12.0 Å². The van der Waals surface area contributed by atoms with Crippen LogP contribution in [0.5, 0.6) is 0 Å². The molecule has 0 spiro atoms. The van der Waals surface area contributed by atoms with Crippen LogP contribution < -0.4 is 0 Å². The highest BCUT2D eigenvalue weighted by molar-refractivity contribution is 9.10. The number of hydrogen-bond donors (Lipinski definition) is 0. The standard InChI is InChI=1S/C5H3BrFN/c6-4-1-2-5(7)8-3-4/h1-3H/i1D,2D,3D. The molecule has 1 nitrogen and oxygen atoms in total. The Bertz CT molecular complexity index is 278. The summed E-state index contributed by atoms with van der Waals surface area (Å²) < 4.78 is 33.5. The fourth-order valence-electron chi connectivity index (χ4n) is 0.261. The first-order valence-electron chi connectivity index (χ1n) is 3.33. The van der Waals surface area contributed by atoms with Crippen LogP contribution in [0.4, 0.5) is 4.39 Å². The van der Waals surface area contributed by atoms with Crippen molar-refractivity contribution in [2.45, 2.75) is 0 Å². The number of aromatic nitrogens is 1. The Morgan fingerprint density at radius 3 is 3.25 bits per heavy atom. The van der Waals surface area contributed by atoms with Crippen molar-refractivity contribution >= 4 is 15.9 Å². The van der Waals surface area contributed by atoms with Crippen molar-refractivity contribution in [3.63, 3.8) is 0 Å². The van der Waals surface area contributed by atoms with Crippen LogP contribution in [0.2, 0.25) is 0 Å². The quantitative estimate of drug-likeness (QED) is 0.555. The molecule has 0 aliphatic carbocycles. The van der Waals surface area contributed by atoms with Crippen LogP contribution in [-0.2, 0) is 0 Å². The Hall–Kier alpha value is -0.440. The molecule has 8 heavy (non-hydrogen) atoms. The second kappa shape index (κ2) is 2.22. The minimum atomic E-state index is -1.08. The zero-order valence-electron chi connectivity index (χ0n) is 6.70. The molecule has 0 fully saturated rings. The lowest BCUT2D eigenvalue weighted by molar-refractivity contribution is 0.583. The monoisotopic (exact) mass is 178 g/mol. The predicted molar refractivity (Wildman–Crippen MR) is 31.9 cm³/mol. The number of hydrogen-bond acceptors (Lipinski definition) is 1. The van der Waals surface area contributed by atoms with Gasteiger partial charge in [-0.05, 0) is 28.0 Å². The normalized spacial score (nSPS) is 14.5. The van der Waals surface area contributed by atoms with Crippen LogP contribution in [-0.4, -0.2) is 4.98 Å². The summed E-state index contributed by atoms with van der Waals surface area (Å²) >= 11 is 2.84. The molecule has 0 atom stereocenters. The molecule has 0 amide bonds. The Morgan fingerprint density at radius 1 is 1.75 bits per heavy atom. The van der Waals surface area contributed by atoms with Crippen LogP contribution in [0, 0.1) is 5.95 Å². The highest BCUT2D eigenvalue weighted by Gasteiger charge is 1.86. The number of rotatable bonds is 0. The second-order valence-electron chi connectivity index (χ2n) is 1.08. The molecule has 1 aromatic heterocycles. The van der Waals surface area contributed by atoms with E-state index in [2.05, 4.69) is 20.9 Å². The summed E-state index contributed by atoms with van der Waals surface area (Å²) in [5.41, 5.74) is 0. The van der Waals surface area contributed by atoms with Crippen molar-refractivity contribution < 1.29 is 8.50 Å². The molecule has 42 valence electrons. The van der Waals surface area contributed by atoms with Gasteiger partial charge in [0.05, 0.1) is 4.11 Å². The molecule has 3 heteroatoms. The van der Waals surface area contributed by atoms with Gasteiger partial charge >= 0.3 is 0 Å². The van der Waals surface area contributed by atoms with Gasteiger partial charge in [0.15, 0.2) is 0 Å². The van der Waals surface area contributed by atoms with Gasteiger partial charge < -0.3 is 0 Å². The van der Waals surface area contributed by atoms with Crippen molar-refractivity contribution in [1.29, 1.82) is 0 Å². The topological polar surface area (TPSA) is 12.9 Å². The third kappa shape index (κ3) is 1.26. The Kier molecular flexibility index (Phi) is 0.809. The molecule has 0 N–H and O–H groups in total. The maximum Gasteiger partial charge on any atom is 0.212 e. The second-order valence-corrected chi connectivity index (χ2v) is 1.87. The molecule has 1 heterocycles. The summed E-state index contributed by atoms with van der Waals surface area (Å²) in [4.78, 5) is 3.08. The van der Waals surface area contributed by atoms with Crippen LogP contribution in [0.3, 0.4) is 0 Å². The zero-order valence-corrected chi connectivity index (χ0v) is 5.29. The van der Waals surface area contributed by atoms with Crippen molar-refractivity contribution in [1.82, 2.24) is 4.98 Å². The average molecular weight is 179 g/mol. The van der Waals surface area contributed by atoms with E-state index in [0.717, 1.165) is 0 Å².